The molecule has 1 aliphatic carbocycles. The van der Waals surface area contributed by atoms with E-state index in [1.54, 1.807) is 29.5 Å². The Kier molecular flexibility index (Phi) is 15.8. The fraction of sp³-hybridized carbons (Fsp3) is 0.500. The minimum absolute atomic E-state index is 0.0565. The molecule has 5 aliphatic rings. The number of benzene rings is 2. The molecule has 3 unspecified atom stereocenters. The number of piperidine rings is 1. The average Bonchev–Trinajstić information content (AvgIpc) is 4.28. The molecule has 8 heterocycles. The second-order valence-electron chi connectivity index (χ2n) is 22.1. The van der Waals surface area contributed by atoms with Crippen LogP contribution >= 0.6 is 11.3 Å². The first-order valence-corrected chi connectivity index (χ1v) is 28.5. The molecule has 2 amide bonds. The van der Waals surface area contributed by atoms with Crippen molar-refractivity contribution < 1.29 is 38.5 Å². The summed E-state index contributed by atoms with van der Waals surface area (Å²) in [7, 11) is 0. The summed E-state index contributed by atoms with van der Waals surface area (Å²) >= 11 is 1.59. The molecule has 4 aromatic heterocycles. The molecule has 5 fully saturated rings. The fourth-order valence-electron chi connectivity index (χ4n) is 12.1. The van der Waals surface area contributed by atoms with Crippen molar-refractivity contribution in [3.05, 3.63) is 102 Å². The monoisotopic (exact) mass is 1080 g/mol. The zero-order valence-corrected chi connectivity index (χ0v) is 45.6. The number of ether oxygens (including phenoxy) is 3. The van der Waals surface area contributed by atoms with Gasteiger partial charge in [0.2, 0.25) is 17.7 Å². The number of aromatic nitrogens is 5. The molecule has 6 aromatic rings. The lowest BCUT2D eigenvalue weighted by Crippen LogP contribution is -2.54. The van der Waals surface area contributed by atoms with E-state index in [1.165, 1.54) is 4.90 Å². The number of fused-ring (bicyclic) bond motifs is 2. The molecule has 20 heteroatoms. The molecule has 0 spiro atoms. The number of aromatic hydroxyl groups is 1. The van der Waals surface area contributed by atoms with E-state index in [2.05, 4.69) is 57.5 Å². The summed E-state index contributed by atoms with van der Waals surface area (Å²) < 4.78 is 24.7. The third-order valence-corrected chi connectivity index (χ3v) is 17.3. The molecule has 6 atom stereocenters. The van der Waals surface area contributed by atoms with E-state index in [-0.39, 0.29) is 60.8 Å². The normalized spacial score (nSPS) is 23.3. The summed E-state index contributed by atoms with van der Waals surface area (Å²) in [6.45, 7) is 12.6. The number of piperazine rings is 1. The smallest absolute Gasteiger partial charge is 0.254 e. The Morgan fingerprint density at radius 1 is 0.885 bits per heavy atom. The number of phenols is 1. The number of carbonyl (C=O) groups is 2. The standard InChI is InChI=1S/C58H71N11O8S/c1-34(2)54(58(73)68-32-42(70)25-49(68)57(72)62-35(3)37-10-12-38(13-11-37)55-36(4)61-33-78-55)51-29-53(65-77-51)74-23-7-20-66-21-17-43(18-22-66)75-44-26-45(27-44)76-52-24-39(16-19-60-52)69-40-14-15-41(69)31-67(30-40)48-28-47(63-64-56(48)59)46-8-5-6-9-50(46)71/h5-6,8-13,16,19,24,28-29,33-35,40-45,49,54,70-71H,7,14-15,17-18,20-23,25-27,30-32H2,1-4H3,(H2,59,64)(H,62,72)/t35-,40?,41?,42+,44?,45?,49-,54?/m0/s1. The Labute approximate surface area is 459 Å². The number of aliphatic hydroxyl groups excluding tert-OH is 1. The van der Waals surface area contributed by atoms with E-state index in [4.69, 9.17) is 24.5 Å². The third-order valence-electron chi connectivity index (χ3n) is 16.3. The molecular weight excluding hydrogens is 1010 g/mol. The number of nitrogens with zero attached hydrogens (tertiary/aromatic N) is 9. The quantitative estimate of drug-likeness (QED) is 0.0574. The largest absolute Gasteiger partial charge is 0.507 e. The van der Waals surface area contributed by atoms with Crippen molar-refractivity contribution in [2.24, 2.45) is 5.92 Å². The lowest BCUT2D eigenvalue weighted by Gasteiger charge is -2.43. The van der Waals surface area contributed by atoms with Gasteiger partial charge in [0.25, 0.3) is 5.88 Å². The predicted octanol–water partition coefficient (Wildman–Crippen LogP) is 7.54. The molecule has 0 radical (unpaired) electrons. The summed E-state index contributed by atoms with van der Waals surface area (Å²) in [4.78, 5) is 46.8. The van der Waals surface area contributed by atoms with Crippen LogP contribution in [0.2, 0.25) is 0 Å². The van der Waals surface area contributed by atoms with E-state index in [1.807, 2.05) is 81.9 Å². The molecule has 1 saturated carbocycles. The SMILES string of the molecule is Cc1ncsc1-c1ccc([C@H](C)NC(=O)[C@@H]2C[C@@H](O)CN2C(=O)C(c2cc(OCCCN3CCC(OC4CC(Oc5cc(N6C7CCC6CN(c6cc(-c8ccccc8O)nnc6N)C7)ccn5)C4)CC3)no2)C(C)C)cc1. The van der Waals surface area contributed by atoms with Crippen LogP contribution in [-0.2, 0) is 14.3 Å². The Balaban J connectivity index is 0.589. The molecule has 412 valence electrons. The molecule has 2 bridgehead atoms. The van der Waals surface area contributed by atoms with Gasteiger partial charge in [-0.1, -0.05) is 50.2 Å². The number of nitrogens with one attached hydrogen (secondary N) is 1. The number of nitrogen functional groups attached to an aromatic ring is 1. The maximum atomic E-state index is 14.2. The third kappa shape index (κ3) is 11.6. The summed E-state index contributed by atoms with van der Waals surface area (Å²) in [5.41, 5.74) is 14.4. The number of β-amino-alcohol motifs (C(OH)–C–C–N with tert-alkyl or cyclic N) is 1. The molecule has 2 aromatic carbocycles. The first-order valence-electron chi connectivity index (χ1n) is 27.7. The van der Waals surface area contributed by atoms with Gasteiger partial charge < -0.3 is 59.6 Å². The van der Waals surface area contributed by atoms with Crippen LogP contribution in [0.25, 0.3) is 21.7 Å². The first kappa shape index (κ1) is 53.1. The van der Waals surface area contributed by atoms with Gasteiger partial charge in [-0.15, -0.1) is 21.5 Å². The number of aliphatic hydroxyl groups is 1. The predicted molar refractivity (Wildman–Crippen MR) is 296 cm³/mol. The zero-order chi connectivity index (χ0) is 54.0. The minimum atomic E-state index is -0.825. The van der Waals surface area contributed by atoms with Gasteiger partial charge in [0, 0.05) is 100 Å². The van der Waals surface area contributed by atoms with Gasteiger partial charge >= 0.3 is 0 Å². The highest BCUT2D eigenvalue weighted by atomic mass is 32.1. The minimum Gasteiger partial charge on any atom is -0.507 e. The number of amides is 2. The Morgan fingerprint density at radius 3 is 2.38 bits per heavy atom. The summed E-state index contributed by atoms with van der Waals surface area (Å²) in [6, 6.07) is 22.4. The van der Waals surface area contributed by atoms with Crippen molar-refractivity contribution in [2.75, 3.05) is 61.4 Å². The molecule has 19 nitrogen and oxygen atoms in total. The second kappa shape index (κ2) is 23.2. The van der Waals surface area contributed by atoms with E-state index >= 15 is 0 Å². The molecule has 78 heavy (non-hydrogen) atoms. The maximum Gasteiger partial charge on any atom is 0.254 e. The summed E-state index contributed by atoms with van der Waals surface area (Å²) in [6.07, 6.45) is 8.22. The van der Waals surface area contributed by atoms with Gasteiger partial charge in [-0.25, -0.2) is 9.97 Å². The van der Waals surface area contributed by atoms with Crippen LogP contribution < -0.4 is 30.3 Å². The Bertz CT molecular complexity index is 3020. The zero-order valence-electron chi connectivity index (χ0n) is 44.8. The second-order valence-corrected chi connectivity index (χ2v) is 22.9. The number of hydrogen-bond donors (Lipinski definition) is 4. The van der Waals surface area contributed by atoms with E-state index < -0.39 is 18.1 Å². The highest BCUT2D eigenvalue weighted by molar-refractivity contribution is 7.13. The van der Waals surface area contributed by atoms with E-state index in [0.29, 0.717) is 53.3 Å². The van der Waals surface area contributed by atoms with Gasteiger partial charge in [0.1, 0.15) is 23.8 Å². The molecule has 11 rings (SSSR count). The van der Waals surface area contributed by atoms with Crippen LogP contribution in [0, 0.1) is 12.8 Å². The number of phenolic OH excluding ortho intramolecular Hbond substituents is 1. The number of pyridine rings is 1. The molecule has 4 saturated heterocycles. The number of carbonyl (C=O) groups excluding carboxylic acids is 2. The van der Waals surface area contributed by atoms with Crippen LogP contribution in [-0.4, -0.2) is 146 Å². The van der Waals surface area contributed by atoms with Crippen molar-refractivity contribution in [1.82, 2.24) is 40.4 Å². The van der Waals surface area contributed by atoms with Gasteiger partial charge in [-0.3, -0.25) is 9.59 Å². The van der Waals surface area contributed by atoms with Crippen LogP contribution in [0.15, 0.2) is 89.0 Å². The van der Waals surface area contributed by atoms with Crippen LogP contribution in [0.3, 0.4) is 0 Å². The Morgan fingerprint density at radius 2 is 1.65 bits per heavy atom. The van der Waals surface area contributed by atoms with Crippen molar-refractivity contribution in [1.29, 1.82) is 0 Å². The van der Waals surface area contributed by atoms with Crippen molar-refractivity contribution >= 4 is 40.3 Å². The number of rotatable bonds is 19. The van der Waals surface area contributed by atoms with Gasteiger partial charge in [-0.2, -0.15) is 0 Å². The highest BCUT2D eigenvalue weighted by Crippen LogP contribution is 2.41. The fourth-order valence-corrected chi connectivity index (χ4v) is 12.9. The number of hydrogen-bond acceptors (Lipinski definition) is 18. The molecule has 5 N–H and O–H groups in total. The average molecular weight is 1080 g/mol. The Hall–Kier alpha value is -6.87. The number of likely N-dealkylation sites (tertiary alicyclic amines) is 2. The molecule has 4 aliphatic heterocycles. The number of para-hydroxylation sites is 1. The molecular formula is C58H71N11O8S. The highest BCUT2D eigenvalue weighted by Gasteiger charge is 2.45. The van der Waals surface area contributed by atoms with Gasteiger partial charge in [-0.05, 0) is 92.4 Å². The summed E-state index contributed by atoms with van der Waals surface area (Å²) in [5.74, 6) is 0.391. The lowest BCUT2D eigenvalue weighted by atomic mass is 9.91. The number of aryl methyl sites for hydroxylation is 1. The number of anilines is 3. The van der Waals surface area contributed by atoms with Crippen LogP contribution in [0.4, 0.5) is 17.2 Å². The van der Waals surface area contributed by atoms with E-state index in [0.717, 1.165) is 111 Å². The number of nitrogens with two attached hydrogens (primary N) is 1. The van der Waals surface area contributed by atoms with Gasteiger partial charge in [0.05, 0.1) is 58.4 Å². The maximum absolute atomic E-state index is 14.2. The lowest BCUT2D eigenvalue weighted by molar-refractivity contribution is -0.141. The van der Waals surface area contributed by atoms with E-state index in [9.17, 15) is 19.8 Å². The summed E-state index contributed by atoms with van der Waals surface area (Å²) in [5, 5.41) is 37.0. The van der Waals surface area contributed by atoms with Crippen LogP contribution in [0.1, 0.15) is 101 Å². The van der Waals surface area contributed by atoms with Gasteiger partial charge in [0.15, 0.2) is 11.6 Å². The van der Waals surface area contributed by atoms with Crippen molar-refractivity contribution in [3.8, 4) is 39.2 Å². The van der Waals surface area contributed by atoms with Crippen LogP contribution in [0.5, 0.6) is 17.5 Å². The van der Waals surface area contributed by atoms with Crippen molar-refractivity contribution in [3.63, 3.8) is 0 Å². The van der Waals surface area contributed by atoms with Crippen molar-refractivity contribution in [2.45, 2.75) is 134 Å². The number of thiazole rings is 1. The topological polar surface area (TPSA) is 231 Å². The first-order chi connectivity index (χ1) is 37.8.